The van der Waals surface area contributed by atoms with E-state index in [2.05, 4.69) is 5.10 Å². The minimum absolute atomic E-state index is 0.194. The predicted octanol–water partition coefficient (Wildman–Crippen LogP) is 0.623. The monoisotopic (exact) mass is 286 g/mol. The minimum Gasteiger partial charge on any atom is -0.381 e. The molecule has 0 radical (unpaired) electrons. The Hall–Kier alpha value is -1.29. The maximum Gasteiger partial charge on any atom is 0.389 e. The SMILES string of the molecule is Cn1cc(S(=O)(=O)NCCCC(F)(F)F)c(N)n1. The highest BCUT2D eigenvalue weighted by molar-refractivity contribution is 7.89. The Balaban J connectivity index is 2.59. The molecule has 0 atom stereocenters. The molecular weight excluding hydrogens is 273 g/mol. The Bertz CT molecular complexity index is 509. The van der Waals surface area contributed by atoms with Crippen LogP contribution in [0.3, 0.4) is 0 Å². The van der Waals surface area contributed by atoms with E-state index in [-0.39, 0.29) is 23.7 Å². The second-order valence-corrected chi connectivity index (χ2v) is 5.40. The Morgan fingerprint density at radius 2 is 2.11 bits per heavy atom. The number of hydrogen-bond donors (Lipinski definition) is 2. The van der Waals surface area contributed by atoms with Crippen molar-refractivity contribution in [2.45, 2.75) is 23.9 Å². The molecule has 0 saturated heterocycles. The fourth-order valence-corrected chi connectivity index (χ4v) is 2.44. The minimum atomic E-state index is -4.29. The molecule has 104 valence electrons. The molecule has 10 heteroatoms. The number of aryl methyl sites for hydroxylation is 1. The van der Waals surface area contributed by atoms with Crippen molar-refractivity contribution < 1.29 is 21.6 Å². The molecule has 0 saturated carbocycles. The molecule has 0 aliphatic heterocycles. The number of aromatic nitrogens is 2. The zero-order chi connectivity index (χ0) is 14.0. The van der Waals surface area contributed by atoms with Gasteiger partial charge in [-0.05, 0) is 6.42 Å². The van der Waals surface area contributed by atoms with Crippen LogP contribution in [0.25, 0.3) is 0 Å². The summed E-state index contributed by atoms with van der Waals surface area (Å²) in [5.41, 5.74) is 5.37. The van der Waals surface area contributed by atoms with Crippen LogP contribution >= 0.6 is 0 Å². The average Bonchev–Trinajstić information content (AvgIpc) is 2.52. The number of hydrogen-bond acceptors (Lipinski definition) is 4. The standard InChI is InChI=1S/C8H13F3N4O2S/c1-15-5-6(7(12)14-15)18(16,17)13-4-2-3-8(9,10)11/h5,13H,2-4H2,1H3,(H2,12,14). The molecule has 0 unspecified atom stereocenters. The van der Waals surface area contributed by atoms with Crippen LogP contribution in [0.4, 0.5) is 19.0 Å². The van der Waals surface area contributed by atoms with Gasteiger partial charge in [0.05, 0.1) is 0 Å². The van der Waals surface area contributed by atoms with Crippen LogP contribution in [-0.2, 0) is 17.1 Å². The summed E-state index contributed by atoms with van der Waals surface area (Å²) < 4.78 is 62.1. The van der Waals surface area contributed by atoms with E-state index in [1.54, 1.807) is 0 Å². The summed E-state index contributed by atoms with van der Waals surface area (Å²) in [4.78, 5) is -0.239. The summed E-state index contributed by atoms with van der Waals surface area (Å²) in [6.45, 7) is -0.309. The first kappa shape index (κ1) is 14.8. The van der Waals surface area contributed by atoms with Gasteiger partial charge < -0.3 is 5.73 Å². The first-order valence-electron chi connectivity index (χ1n) is 4.97. The zero-order valence-corrected chi connectivity index (χ0v) is 10.3. The zero-order valence-electron chi connectivity index (χ0n) is 9.53. The third-order valence-corrected chi connectivity index (χ3v) is 3.52. The Kier molecular flexibility index (Phi) is 4.22. The van der Waals surface area contributed by atoms with Crippen molar-refractivity contribution in [3.8, 4) is 0 Å². The molecule has 0 fully saturated rings. The number of nitrogens with zero attached hydrogens (tertiary/aromatic N) is 2. The topological polar surface area (TPSA) is 90.0 Å². The van der Waals surface area contributed by atoms with Gasteiger partial charge in [0.25, 0.3) is 0 Å². The Morgan fingerprint density at radius 1 is 1.50 bits per heavy atom. The van der Waals surface area contributed by atoms with Gasteiger partial charge in [-0.2, -0.15) is 18.3 Å². The van der Waals surface area contributed by atoms with Crippen LogP contribution in [0.5, 0.6) is 0 Å². The van der Waals surface area contributed by atoms with E-state index in [1.165, 1.54) is 17.9 Å². The van der Waals surface area contributed by atoms with Gasteiger partial charge in [-0.3, -0.25) is 4.68 Å². The first-order chi connectivity index (χ1) is 8.12. The van der Waals surface area contributed by atoms with Crippen LogP contribution in [0.1, 0.15) is 12.8 Å². The van der Waals surface area contributed by atoms with Gasteiger partial charge in [0, 0.05) is 26.2 Å². The predicted molar refractivity (Wildman–Crippen MR) is 58.1 cm³/mol. The highest BCUT2D eigenvalue weighted by Crippen LogP contribution is 2.21. The van der Waals surface area contributed by atoms with Crippen LogP contribution in [0.2, 0.25) is 0 Å². The number of nitrogens with two attached hydrogens (primary N) is 1. The molecule has 0 aliphatic rings. The normalized spacial score (nSPS) is 12.9. The van der Waals surface area contributed by atoms with Crippen LogP contribution in [0.15, 0.2) is 11.1 Å². The molecule has 0 amide bonds. The summed E-state index contributed by atoms with van der Waals surface area (Å²) in [5, 5.41) is 3.64. The van der Waals surface area contributed by atoms with Gasteiger partial charge in [0.2, 0.25) is 10.0 Å². The quantitative estimate of drug-likeness (QED) is 0.777. The number of sulfonamides is 1. The van der Waals surface area contributed by atoms with E-state index in [4.69, 9.17) is 5.73 Å². The number of rotatable bonds is 5. The Labute approximate surface area is 102 Å². The van der Waals surface area contributed by atoms with E-state index >= 15 is 0 Å². The molecular formula is C8H13F3N4O2S. The molecule has 0 aliphatic carbocycles. The lowest BCUT2D eigenvalue weighted by atomic mass is 10.3. The fourth-order valence-electron chi connectivity index (χ4n) is 1.26. The second kappa shape index (κ2) is 5.14. The number of alkyl halides is 3. The highest BCUT2D eigenvalue weighted by Gasteiger charge is 2.27. The van der Waals surface area contributed by atoms with Crippen molar-refractivity contribution in [1.82, 2.24) is 14.5 Å². The van der Waals surface area contributed by atoms with Crippen LogP contribution in [0, 0.1) is 0 Å². The van der Waals surface area contributed by atoms with Crippen LogP contribution in [-0.4, -0.2) is 30.9 Å². The van der Waals surface area contributed by atoms with Gasteiger partial charge in [-0.15, -0.1) is 0 Å². The maximum absolute atomic E-state index is 11.9. The van der Waals surface area contributed by atoms with E-state index in [9.17, 15) is 21.6 Å². The molecule has 0 aromatic carbocycles. The van der Waals surface area contributed by atoms with Crippen molar-refractivity contribution in [2.75, 3.05) is 12.3 Å². The van der Waals surface area contributed by atoms with Gasteiger partial charge in [0.1, 0.15) is 4.90 Å². The third kappa shape index (κ3) is 4.18. The summed E-state index contributed by atoms with van der Waals surface area (Å²) in [7, 11) is -2.43. The van der Waals surface area contributed by atoms with E-state index < -0.39 is 22.6 Å². The number of halogens is 3. The Morgan fingerprint density at radius 3 is 2.56 bits per heavy atom. The lowest BCUT2D eigenvalue weighted by molar-refractivity contribution is -0.135. The summed E-state index contributed by atoms with van der Waals surface area (Å²) in [5.74, 6) is -0.194. The van der Waals surface area contributed by atoms with Crippen molar-refractivity contribution in [2.24, 2.45) is 7.05 Å². The van der Waals surface area contributed by atoms with E-state index in [1.807, 2.05) is 4.72 Å². The lowest BCUT2D eigenvalue weighted by Crippen LogP contribution is -2.26. The lowest BCUT2D eigenvalue weighted by Gasteiger charge is -2.07. The second-order valence-electron chi connectivity index (χ2n) is 3.67. The molecule has 1 rings (SSSR count). The molecule has 6 nitrogen and oxygen atoms in total. The molecule has 1 aromatic heterocycles. The fraction of sp³-hybridized carbons (Fsp3) is 0.625. The molecule has 1 heterocycles. The average molecular weight is 286 g/mol. The van der Waals surface area contributed by atoms with Crippen molar-refractivity contribution >= 4 is 15.8 Å². The largest absolute Gasteiger partial charge is 0.389 e. The number of anilines is 1. The summed E-state index contributed by atoms with van der Waals surface area (Å²) in [6, 6.07) is 0. The summed E-state index contributed by atoms with van der Waals surface area (Å²) in [6.07, 6.45) is -4.48. The number of nitrogen functional groups attached to an aromatic ring is 1. The van der Waals surface area contributed by atoms with Gasteiger partial charge in [-0.25, -0.2) is 13.1 Å². The summed E-state index contributed by atoms with van der Waals surface area (Å²) >= 11 is 0. The first-order valence-corrected chi connectivity index (χ1v) is 6.46. The van der Waals surface area contributed by atoms with E-state index in [0.717, 1.165) is 0 Å². The van der Waals surface area contributed by atoms with Gasteiger partial charge >= 0.3 is 6.18 Å². The third-order valence-electron chi connectivity index (χ3n) is 2.04. The molecule has 0 bridgehead atoms. The molecule has 18 heavy (non-hydrogen) atoms. The van der Waals surface area contributed by atoms with Crippen molar-refractivity contribution in [3.05, 3.63) is 6.20 Å². The molecule has 1 aromatic rings. The van der Waals surface area contributed by atoms with Crippen LogP contribution < -0.4 is 10.5 Å². The highest BCUT2D eigenvalue weighted by atomic mass is 32.2. The molecule has 3 N–H and O–H groups in total. The van der Waals surface area contributed by atoms with Crippen molar-refractivity contribution in [1.29, 1.82) is 0 Å². The van der Waals surface area contributed by atoms with Gasteiger partial charge in [-0.1, -0.05) is 0 Å². The molecule has 0 spiro atoms. The van der Waals surface area contributed by atoms with E-state index in [0.29, 0.717) is 0 Å². The van der Waals surface area contributed by atoms with Crippen molar-refractivity contribution in [3.63, 3.8) is 0 Å². The smallest absolute Gasteiger partial charge is 0.381 e. The maximum atomic E-state index is 11.9. The van der Waals surface area contributed by atoms with Gasteiger partial charge in [0.15, 0.2) is 5.82 Å². The number of nitrogens with one attached hydrogen (secondary N) is 1.